The summed E-state index contributed by atoms with van der Waals surface area (Å²) in [6.07, 6.45) is 0. The summed E-state index contributed by atoms with van der Waals surface area (Å²) in [5.74, 6) is 0. The molecule has 0 unspecified atom stereocenters. The van der Waals surface area contributed by atoms with Gasteiger partial charge in [-0.2, -0.15) is 0 Å². The molecule has 0 aliphatic heterocycles. The molecule has 0 heterocycles. The van der Waals surface area contributed by atoms with E-state index >= 15 is 0 Å². The Bertz CT molecular complexity index is 1170. The van der Waals surface area contributed by atoms with Gasteiger partial charge >= 0.3 is 0 Å². The monoisotopic (exact) mass is 541 g/mol. The van der Waals surface area contributed by atoms with E-state index in [9.17, 15) is 0 Å². The molecule has 3 N–H and O–H groups in total. The van der Waals surface area contributed by atoms with Crippen LogP contribution in [0, 0.1) is 0 Å². The molecule has 6 rings (SSSR count). The predicted octanol–water partition coefficient (Wildman–Crippen LogP) is 7.05. The molecule has 0 radical (unpaired) electrons. The zero-order valence-electron chi connectivity index (χ0n) is 21.9. The van der Waals surface area contributed by atoms with Gasteiger partial charge in [-0.05, 0) is 47.7 Å². The van der Waals surface area contributed by atoms with Crippen LogP contribution in [0.25, 0.3) is 0 Å². The second-order valence-corrected chi connectivity index (χ2v) is 13.1. The van der Waals surface area contributed by atoms with Gasteiger partial charge in [0, 0.05) is 0 Å². The molecule has 3 heteroatoms. The van der Waals surface area contributed by atoms with Gasteiger partial charge < -0.3 is 6.15 Å². The molecule has 0 aromatic heterocycles. The third kappa shape index (κ3) is 7.60. The Morgan fingerprint density at radius 3 is 0.462 bits per heavy atom. The fraction of sp³-hybridized carbons (Fsp3) is 0. The lowest BCUT2D eigenvalue weighted by Gasteiger charge is -2.18. The Morgan fingerprint density at radius 2 is 0.333 bits per heavy atom. The summed E-state index contributed by atoms with van der Waals surface area (Å²) < 4.78 is 0. The van der Waals surface area contributed by atoms with Crippen LogP contribution in [-0.4, -0.2) is 0 Å². The molecule has 0 fully saturated rings. The van der Waals surface area contributed by atoms with Crippen molar-refractivity contribution in [1.29, 1.82) is 0 Å². The van der Waals surface area contributed by atoms with Crippen molar-refractivity contribution in [2.75, 3.05) is 0 Å². The van der Waals surface area contributed by atoms with E-state index in [1.54, 1.807) is 0 Å². The first-order chi connectivity index (χ1) is 18.9. The van der Waals surface area contributed by atoms with Crippen LogP contribution < -0.4 is 38.0 Å². The third-order valence-corrected chi connectivity index (χ3v) is 11.0. The number of hydrogen-bond donors (Lipinski definition) is 1. The van der Waals surface area contributed by atoms with Crippen LogP contribution in [-0.2, 0) is 0 Å². The van der Waals surface area contributed by atoms with Gasteiger partial charge in [-0.3, -0.25) is 0 Å². The Hall–Kier alpha value is -3.86. The topological polar surface area (TPSA) is 35.0 Å². The van der Waals surface area contributed by atoms with E-state index in [-0.39, 0.29) is 6.15 Å². The van der Waals surface area contributed by atoms with Crippen molar-refractivity contribution < 1.29 is 0 Å². The van der Waals surface area contributed by atoms with Crippen LogP contribution in [0.5, 0.6) is 0 Å². The lowest BCUT2D eigenvalue weighted by atomic mass is 10.4. The maximum atomic E-state index is 2.23. The van der Waals surface area contributed by atoms with Crippen LogP contribution in [0.3, 0.4) is 0 Å². The second-order valence-electron chi connectivity index (χ2n) is 8.68. The van der Waals surface area contributed by atoms with Gasteiger partial charge in [0.2, 0.25) is 0 Å². The van der Waals surface area contributed by atoms with E-state index < -0.39 is 15.8 Å². The normalized spacial score (nSPS) is 10.3. The highest BCUT2D eigenvalue weighted by atomic mass is 31.1. The average Bonchev–Trinajstić information content (AvgIpc) is 3.01. The molecule has 0 saturated heterocycles. The first-order valence-electron chi connectivity index (χ1n) is 12.8. The van der Waals surface area contributed by atoms with Gasteiger partial charge in [-0.25, -0.2) is 0 Å². The van der Waals surface area contributed by atoms with E-state index in [1.165, 1.54) is 31.8 Å². The van der Waals surface area contributed by atoms with E-state index in [0.29, 0.717) is 0 Å². The number of hydrogen-bond acceptors (Lipinski definition) is 1. The first kappa shape index (κ1) is 28.2. The second kappa shape index (κ2) is 14.9. The fourth-order valence-corrected chi connectivity index (χ4v) is 8.97. The van der Waals surface area contributed by atoms with Gasteiger partial charge in [0.1, 0.15) is 0 Å². The van der Waals surface area contributed by atoms with Crippen LogP contribution in [0.2, 0.25) is 0 Å². The molecule has 0 aliphatic carbocycles. The average molecular weight is 542 g/mol. The van der Waals surface area contributed by atoms with Crippen molar-refractivity contribution >= 4 is 47.7 Å². The summed E-state index contributed by atoms with van der Waals surface area (Å²) in [5.41, 5.74) is 0. The summed E-state index contributed by atoms with van der Waals surface area (Å²) in [6, 6.07) is 64.7. The lowest BCUT2D eigenvalue weighted by Crippen LogP contribution is -2.20. The first-order valence-corrected chi connectivity index (χ1v) is 15.5. The SMILES string of the molecule is N.c1ccc(P(c2ccccc2)c2ccccc2)cc1.c1ccc(P(c2ccccc2)c2ccccc2)cc1. The molecular weight excluding hydrogens is 508 g/mol. The summed E-state index contributed by atoms with van der Waals surface area (Å²) in [7, 11) is -0.892. The van der Waals surface area contributed by atoms with Crippen molar-refractivity contribution in [3.05, 3.63) is 182 Å². The number of benzene rings is 6. The maximum Gasteiger partial charge on any atom is -0.0134 e. The smallest absolute Gasteiger partial charge is 0.0134 e. The Labute approximate surface area is 235 Å². The summed E-state index contributed by atoms with van der Waals surface area (Å²) in [6.45, 7) is 0. The van der Waals surface area contributed by atoms with Gasteiger partial charge in [0.25, 0.3) is 0 Å². The standard InChI is InChI=1S/2C18H15P.H3N/c2*1-4-10-16(11-5-1)19(17-12-6-2-7-13-17)18-14-8-3-9-15-18;/h2*1-15H;1H3. The van der Waals surface area contributed by atoms with Crippen LogP contribution in [0.4, 0.5) is 0 Å². The van der Waals surface area contributed by atoms with E-state index in [0.717, 1.165) is 0 Å². The molecule has 0 bridgehead atoms. The highest BCUT2D eigenvalue weighted by Crippen LogP contribution is 2.33. The maximum absolute atomic E-state index is 2.23. The summed E-state index contributed by atoms with van der Waals surface area (Å²) in [4.78, 5) is 0. The predicted molar refractivity (Wildman–Crippen MR) is 175 cm³/mol. The Morgan fingerprint density at radius 1 is 0.205 bits per heavy atom. The Balaban J connectivity index is 0.000000176. The molecule has 39 heavy (non-hydrogen) atoms. The van der Waals surface area contributed by atoms with Gasteiger partial charge in [-0.1, -0.05) is 182 Å². The van der Waals surface area contributed by atoms with Gasteiger partial charge in [0.15, 0.2) is 0 Å². The zero-order valence-corrected chi connectivity index (χ0v) is 23.7. The highest BCUT2D eigenvalue weighted by Gasteiger charge is 2.16. The molecule has 6 aromatic carbocycles. The molecule has 192 valence electrons. The van der Waals surface area contributed by atoms with Gasteiger partial charge in [0.05, 0.1) is 0 Å². The summed E-state index contributed by atoms with van der Waals surface area (Å²) >= 11 is 0. The molecule has 1 nitrogen and oxygen atoms in total. The number of rotatable bonds is 6. The summed E-state index contributed by atoms with van der Waals surface area (Å²) in [5, 5.41) is 8.39. The molecule has 0 spiro atoms. The molecule has 0 amide bonds. The van der Waals surface area contributed by atoms with Crippen molar-refractivity contribution in [2.24, 2.45) is 0 Å². The fourth-order valence-electron chi connectivity index (χ4n) is 4.36. The largest absolute Gasteiger partial charge is 0.344 e. The van der Waals surface area contributed by atoms with Crippen molar-refractivity contribution in [3.63, 3.8) is 0 Å². The minimum absolute atomic E-state index is 0. The van der Waals surface area contributed by atoms with Crippen LogP contribution in [0.15, 0.2) is 182 Å². The van der Waals surface area contributed by atoms with Crippen molar-refractivity contribution in [1.82, 2.24) is 6.15 Å². The molecular formula is C36H33NP2. The molecule has 0 saturated carbocycles. The Kier molecular flexibility index (Phi) is 10.8. The molecule has 6 aromatic rings. The molecule has 0 aliphatic rings. The van der Waals surface area contributed by atoms with E-state index in [2.05, 4.69) is 182 Å². The van der Waals surface area contributed by atoms with Crippen molar-refractivity contribution in [3.8, 4) is 0 Å². The highest BCUT2D eigenvalue weighted by molar-refractivity contribution is 7.80. The van der Waals surface area contributed by atoms with E-state index in [1.807, 2.05) is 0 Å². The lowest BCUT2D eigenvalue weighted by molar-refractivity contribution is 1.74. The quantitative estimate of drug-likeness (QED) is 0.225. The van der Waals surface area contributed by atoms with E-state index in [4.69, 9.17) is 0 Å². The minimum atomic E-state index is -0.446. The van der Waals surface area contributed by atoms with Crippen LogP contribution in [0.1, 0.15) is 0 Å². The van der Waals surface area contributed by atoms with Crippen molar-refractivity contribution in [2.45, 2.75) is 0 Å². The molecule has 0 atom stereocenters. The zero-order chi connectivity index (χ0) is 25.8. The van der Waals surface area contributed by atoms with Gasteiger partial charge in [-0.15, -0.1) is 0 Å². The van der Waals surface area contributed by atoms with Crippen LogP contribution >= 0.6 is 15.8 Å². The minimum Gasteiger partial charge on any atom is -0.344 e. The third-order valence-electron chi connectivity index (χ3n) is 6.09.